The third-order valence-corrected chi connectivity index (χ3v) is 12.3. The molecule has 0 radical (unpaired) electrons. The number of hydrogen-bond acceptors (Lipinski definition) is 4. The quantitative estimate of drug-likeness (QED) is 0.270. The summed E-state index contributed by atoms with van der Waals surface area (Å²) < 4.78 is 0. The number of carbonyl (C=O) groups is 1. The van der Waals surface area contributed by atoms with Crippen molar-refractivity contribution < 1.29 is 15.0 Å². The Hall–Kier alpha value is -2.18. The first-order valence-corrected chi connectivity index (χ1v) is 15.4. The first-order valence-electron chi connectivity index (χ1n) is 15.4. The highest BCUT2D eigenvalue weighted by molar-refractivity contribution is 5.99. The van der Waals surface area contributed by atoms with Gasteiger partial charge in [0.2, 0.25) is 5.91 Å². The SMILES string of the molecule is C[C@H](CCC(=O)N/N=C/c1c[nH]c2ccccc12)[C@@H]1CC[C@@H]2[C@H]3[C@H](O)C[C@H]4C[C@@H](O)CC[C@]4(C)[C@@H]3CC[C@@]21C. The van der Waals surface area contributed by atoms with E-state index in [1.807, 2.05) is 30.5 Å². The van der Waals surface area contributed by atoms with Gasteiger partial charge in [0.25, 0.3) is 0 Å². The predicted octanol–water partition coefficient (Wildman–Crippen LogP) is 6.02. The lowest BCUT2D eigenvalue weighted by Gasteiger charge is -2.62. The van der Waals surface area contributed by atoms with Gasteiger partial charge < -0.3 is 15.2 Å². The van der Waals surface area contributed by atoms with Crippen LogP contribution in [-0.2, 0) is 4.79 Å². The summed E-state index contributed by atoms with van der Waals surface area (Å²) in [5, 5.41) is 27.1. The van der Waals surface area contributed by atoms with Crippen molar-refractivity contribution in [3.63, 3.8) is 0 Å². The molecule has 4 aliphatic carbocycles. The van der Waals surface area contributed by atoms with Crippen molar-refractivity contribution >= 4 is 23.0 Å². The van der Waals surface area contributed by atoms with Gasteiger partial charge in [-0.1, -0.05) is 39.0 Å². The number of carbonyl (C=O) groups excluding carboxylic acids is 1. The van der Waals surface area contributed by atoms with Crippen LogP contribution in [0.3, 0.4) is 0 Å². The van der Waals surface area contributed by atoms with Crippen LogP contribution in [0.4, 0.5) is 0 Å². The fourth-order valence-corrected chi connectivity index (χ4v) is 10.2. The number of nitrogens with one attached hydrogen (secondary N) is 2. The summed E-state index contributed by atoms with van der Waals surface area (Å²) in [6.07, 6.45) is 13.2. The molecular formula is C33H47N3O3. The molecule has 4 fully saturated rings. The standard InChI is InChI=1S/C33H47N3O3/c1-20(8-11-30(39)36-35-19-21-18-34-28-7-5-4-6-24(21)28)25-9-10-26-31-27(13-15-33(25,26)3)32(2)14-12-23(37)16-22(32)17-29(31)38/h4-7,18-20,22-23,25-27,29,31,34,37-38H,8-17H2,1-3H3,(H,36,39)/b35-19+/t20-,22-,23+,25+,26-,27-,29-,31-,32+,33-/m1/s1. The Morgan fingerprint density at radius 1 is 1.10 bits per heavy atom. The topological polar surface area (TPSA) is 97.7 Å². The van der Waals surface area contributed by atoms with E-state index in [4.69, 9.17) is 0 Å². The highest BCUT2D eigenvalue weighted by atomic mass is 16.3. The summed E-state index contributed by atoms with van der Waals surface area (Å²) >= 11 is 0. The number of fused-ring (bicyclic) bond motifs is 6. The molecule has 4 N–H and O–H groups in total. The Morgan fingerprint density at radius 2 is 1.87 bits per heavy atom. The van der Waals surface area contributed by atoms with Crippen molar-refractivity contribution in [2.24, 2.45) is 51.4 Å². The number of rotatable bonds is 6. The van der Waals surface area contributed by atoms with Crippen molar-refractivity contribution in [2.45, 2.75) is 97.2 Å². The molecule has 39 heavy (non-hydrogen) atoms. The molecule has 4 aliphatic rings. The van der Waals surface area contributed by atoms with E-state index in [1.54, 1.807) is 6.21 Å². The Labute approximate surface area is 233 Å². The molecular weight excluding hydrogens is 486 g/mol. The average Bonchev–Trinajstić information content (AvgIpc) is 3.49. The second-order valence-corrected chi connectivity index (χ2v) is 14.1. The number of benzene rings is 1. The van der Waals surface area contributed by atoms with Crippen molar-refractivity contribution in [1.29, 1.82) is 0 Å². The average molecular weight is 534 g/mol. The lowest BCUT2D eigenvalue weighted by atomic mass is 9.43. The third-order valence-electron chi connectivity index (χ3n) is 12.3. The summed E-state index contributed by atoms with van der Waals surface area (Å²) in [4.78, 5) is 15.9. The Bertz CT molecular complexity index is 1220. The summed E-state index contributed by atoms with van der Waals surface area (Å²) in [5.74, 6) is 3.02. The number of nitrogens with zero attached hydrogens (tertiary/aromatic N) is 1. The maximum Gasteiger partial charge on any atom is 0.240 e. The minimum Gasteiger partial charge on any atom is -0.393 e. The molecule has 10 atom stereocenters. The van der Waals surface area contributed by atoms with E-state index < -0.39 is 0 Å². The van der Waals surface area contributed by atoms with Gasteiger partial charge in [-0.2, -0.15) is 5.10 Å². The predicted molar refractivity (Wildman–Crippen MR) is 155 cm³/mol. The molecule has 0 aliphatic heterocycles. The van der Waals surface area contributed by atoms with Crippen LogP contribution in [0.1, 0.15) is 90.5 Å². The molecule has 1 heterocycles. The van der Waals surface area contributed by atoms with Crippen molar-refractivity contribution in [2.75, 3.05) is 0 Å². The molecule has 0 spiro atoms. The molecule has 212 valence electrons. The number of aliphatic hydroxyl groups is 2. The van der Waals surface area contributed by atoms with Crippen LogP contribution in [-0.4, -0.2) is 39.5 Å². The monoisotopic (exact) mass is 533 g/mol. The van der Waals surface area contributed by atoms with E-state index in [9.17, 15) is 15.0 Å². The zero-order valence-corrected chi connectivity index (χ0v) is 23.9. The molecule has 2 aromatic rings. The number of hydrazone groups is 1. The Balaban J connectivity index is 1.06. The number of amides is 1. The molecule has 0 saturated heterocycles. The first-order chi connectivity index (χ1) is 18.7. The third kappa shape index (κ3) is 4.65. The van der Waals surface area contributed by atoms with E-state index in [1.165, 1.54) is 25.7 Å². The van der Waals surface area contributed by atoms with Crippen LogP contribution >= 0.6 is 0 Å². The van der Waals surface area contributed by atoms with E-state index in [-0.39, 0.29) is 28.9 Å². The number of para-hydroxylation sites is 1. The lowest BCUT2D eigenvalue weighted by molar-refractivity contribution is -0.174. The van der Waals surface area contributed by atoms with Gasteiger partial charge in [-0.25, -0.2) is 5.43 Å². The van der Waals surface area contributed by atoms with Gasteiger partial charge in [0.1, 0.15) is 0 Å². The van der Waals surface area contributed by atoms with Gasteiger partial charge in [0.05, 0.1) is 18.4 Å². The van der Waals surface area contributed by atoms with Crippen LogP contribution < -0.4 is 5.43 Å². The molecule has 4 saturated carbocycles. The van der Waals surface area contributed by atoms with Crippen molar-refractivity contribution in [3.05, 3.63) is 36.0 Å². The highest BCUT2D eigenvalue weighted by Crippen LogP contribution is 2.68. The molecule has 6 rings (SSSR count). The van der Waals surface area contributed by atoms with Gasteiger partial charge in [-0.05, 0) is 110 Å². The van der Waals surface area contributed by atoms with E-state index in [2.05, 4.69) is 36.3 Å². The molecule has 1 amide bonds. The lowest BCUT2D eigenvalue weighted by Crippen LogP contribution is -2.58. The second-order valence-electron chi connectivity index (χ2n) is 14.1. The van der Waals surface area contributed by atoms with E-state index in [0.717, 1.165) is 48.6 Å². The van der Waals surface area contributed by atoms with Crippen molar-refractivity contribution in [1.82, 2.24) is 10.4 Å². The fourth-order valence-electron chi connectivity index (χ4n) is 10.2. The maximum absolute atomic E-state index is 12.7. The van der Waals surface area contributed by atoms with Crippen LogP contribution in [0, 0.1) is 46.3 Å². The number of hydrogen-bond donors (Lipinski definition) is 4. The smallest absolute Gasteiger partial charge is 0.240 e. The summed E-state index contributed by atoms with van der Waals surface area (Å²) in [6.45, 7) is 7.31. The fraction of sp³-hybridized carbons (Fsp3) is 0.697. The zero-order chi connectivity index (χ0) is 27.4. The van der Waals surface area contributed by atoms with Crippen LogP contribution in [0.5, 0.6) is 0 Å². The molecule has 0 unspecified atom stereocenters. The molecule has 1 aromatic carbocycles. The van der Waals surface area contributed by atoms with Gasteiger partial charge in [-0.15, -0.1) is 0 Å². The van der Waals surface area contributed by atoms with Crippen molar-refractivity contribution in [3.8, 4) is 0 Å². The number of aliphatic hydroxyl groups excluding tert-OH is 2. The number of aromatic nitrogens is 1. The van der Waals surface area contributed by atoms with Crippen LogP contribution in [0.15, 0.2) is 35.6 Å². The van der Waals surface area contributed by atoms with Crippen LogP contribution in [0.25, 0.3) is 10.9 Å². The van der Waals surface area contributed by atoms with E-state index in [0.29, 0.717) is 41.9 Å². The number of H-pyrrole nitrogens is 1. The summed E-state index contributed by atoms with van der Waals surface area (Å²) in [5.41, 5.74) is 5.27. The summed E-state index contributed by atoms with van der Waals surface area (Å²) in [7, 11) is 0. The molecule has 1 aromatic heterocycles. The molecule has 6 heteroatoms. The van der Waals surface area contributed by atoms with Gasteiger partial charge >= 0.3 is 0 Å². The normalized spacial score (nSPS) is 40.7. The van der Waals surface area contributed by atoms with E-state index >= 15 is 0 Å². The van der Waals surface area contributed by atoms with Gasteiger partial charge in [0, 0.05) is 29.1 Å². The largest absolute Gasteiger partial charge is 0.393 e. The Morgan fingerprint density at radius 3 is 2.72 bits per heavy atom. The van der Waals surface area contributed by atoms with Crippen LogP contribution in [0.2, 0.25) is 0 Å². The number of aromatic amines is 1. The second kappa shape index (κ2) is 10.3. The van der Waals surface area contributed by atoms with Gasteiger partial charge in [-0.3, -0.25) is 4.79 Å². The maximum atomic E-state index is 12.7. The first kappa shape index (κ1) is 27.0. The van der Waals surface area contributed by atoms with Gasteiger partial charge in [0.15, 0.2) is 0 Å². The molecule has 0 bridgehead atoms. The zero-order valence-electron chi connectivity index (χ0n) is 23.9. The Kier molecular flexibility index (Phi) is 7.16. The summed E-state index contributed by atoms with van der Waals surface area (Å²) in [6, 6.07) is 8.07. The molecule has 6 nitrogen and oxygen atoms in total. The highest BCUT2D eigenvalue weighted by Gasteiger charge is 2.62. The minimum atomic E-state index is -0.238. The minimum absolute atomic E-state index is 0.0255.